The van der Waals surface area contributed by atoms with E-state index in [2.05, 4.69) is 36.8 Å². The molecule has 0 radical (unpaired) electrons. The molecule has 39 heavy (non-hydrogen) atoms. The van der Waals surface area contributed by atoms with Gasteiger partial charge in [0.25, 0.3) is 0 Å². The summed E-state index contributed by atoms with van der Waals surface area (Å²) in [6.07, 6.45) is 20.8. The number of nitrogens with one attached hydrogen (secondary N) is 1. The number of allylic oxidation sites excluding steroid dienone is 4. The summed E-state index contributed by atoms with van der Waals surface area (Å²) in [5, 5.41) is 4.30. The Balaban J connectivity index is 1.16. The van der Waals surface area contributed by atoms with Crippen LogP contribution in [0.1, 0.15) is 102 Å². The van der Waals surface area contributed by atoms with Crippen molar-refractivity contribution >= 4 is 29.9 Å². The largest absolute Gasteiger partial charge is 0.353 e. The third-order valence-corrected chi connectivity index (χ3v) is 9.53. The normalized spacial score (nSPS) is 24.9. The Morgan fingerprint density at radius 2 is 2.00 bits per heavy atom. The summed E-state index contributed by atoms with van der Waals surface area (Å²) in [5.41, 5.74) is 6.84. The lowest BCUT2D eigenvalue weighted by molar-refractivity contribution is -0.126. The zero-order valence-electron chi connectivity index (χ0n) is 23.8. The van der Waals surface area contributed by atoms with Gasteiger partial charge >= 0.3 is 0 Å². The number of hydrogen-bond acceptors (Lipinski definition) is 3. The van der Waals surface area contributed by atoms with Crippen LogP contribution in [0.2, 0.25) is 5.02 Å². The molecular formula is C34H46ClN3O. The van der Waals surface area contributed by atoms with Crippen LogP contribution < -0.4 is 5.32 Å². The predicted octanol–water partition coefficient (Wildman–Crippen LogP) is 8.44. The maximum Gasteiger partial charge on any atom is 0.223 e. The molecule has 4 aliphatic rings. The number of halogens is 1. The van der Waals surface area contributed by atoms with Crippen LogP contribution in [0.4, 0.5) is 0 Å². The number of benzene rings is 1. The molecule has 0 spiro atoms. The molecular weight excluding hydrogens is 502 g/mol. The Morgan fingerprint density at radius 3 is 2.85 bits per heavy atom. The highest BCUT2D eigenvalue weighted by atomic mass is 35.5. The molecule has 2 heterocycles. The van der Waals surface area contributed by atoms with Crippen LogP contribution in [0, 0.1) is 17.8 Å². The summed E-state index contributed by atoms with van der Waals surface area (Å²) >= 11 is 6.16. The lowest BCUT2D eigenvalue weighted by atomic mass is 9.88. The van der Waals surface area contributed by atoms with Crippen molar-refractivity contribution in [2.24, 2.45) is 27.7 Å². The summed E-state index contributed by atoms with van der Waals surface area (Å²) in [4.78, 5) is 23.1. The van der Waals surface area contributed by atoms with Gasteiger partial charge in [-0.15, -0.1) is 0 Å². The van der Waals surface area contributed by atoms with Gasteiger partial charge in [0.15, 0.2) is 0 Å². The summed E-state index contributed by atoms with van der Waals surface area (Å²) < 4.78 is 0. The first-order valence-electron chi connectivity index (χ1n) is 15.6. The van der Waals surface area contributed by atoms with Crippen LogP contribution in [0.25, 0.3) is 0 Å². The molecule has 1 aromatic rings. The van der Waals surface area contributed by atoms with E-state index in [1.54, 1.807) is 0 Å². The highest BCUT2D eigenvalue weighted by Crippen LogP contribution is 2.40. The third kappa shape index (κ3) is 8.16. The molecule has 0 bridgehead atoms. The Kier molecular flexibility index (Phi) is 10.1. The quantitative estimate of drug-likeness (QED) is 0.310. The lowest BCUT2D eigenvalue weighted by Crippen LogP contribution is -2.39. The summed E-state index contributed by atoms with van der Waals surface area (Å²) in [7, 11) is 0. The van der Waals surface area contributed by atoms with E-state index in [9.17, 15) is 4.79 Å². The van der Waals surface area contributed by atoms with E-state index in [1.165, 1.54) is 53.7 Å². The molecule has 0 aromatic heterocycles. The minimum Gasteiger partial charge on any atom is -0.353 e. The van der Waals surface area contributed by atoms with E-state index in [4.69, 9.17) is 21.6 Å². The predicted molar refractivity (Wildman–Crippen MR) is 164 cm³/mol. The smallest absolute Gasteiger partial charge is 0.223 e. The highest BCUT2D eigenvalue weighted by Gasteiger charge is 2.36. The number of aliphatic imine (C=N–C) groups is 2. The average Bonchev–Trinajstić information content (AvgIpc) is 3.78. The zero-order valence-corrected chi connectivity index (χ0v) is 24.5. The maximum atomic E-state index is 13.4. The maximum absolute atomic E-state index is 13.4. The fourth-order valence-corrected chi connectivity index (χ4v) is 7.07. The molecule has 1 aromatic carbocycles. The summed E-state index contributed by atoms with van der Waals surface area (Å²) in [5.74, 6) is 1.69. The second-order valence-corrected chi connectivity index (χ2v) is 12.8. The SMILES string of the molecule is CC1=C2CCCN=CC2=C(CC2CCCC(NC(=O)C(CCCc3cccc(Cl)c3)C3CC3)CC2)N=CCC1. The van der Waals surface area contributed by atoms with Gasteiger partial charge in [0.05, 0.1) is 0 Å². The van der Waals surface area contributed by atoms with Gasteiger partial charge in [0, 0.05) is 47.2 Å². The van der Waals surface area contributed by atoms with Crippen LogP contribution in [-0.4, -0.2) is 30.9 Å². The van der Waals surface area contributed by atoms with Crippen LogP contribution in [0.15, 0.2) is 56.7 Å². The van der Waals surface area contributed by atoms with Crippen molar-refractivity contribution in [3.63, 3.8) is 0 Å². The first-order chi connectivity index (χ1) is 19.1. The van der Waals surface area contributed by atoms with Crippen molar-refractivity contribution in [3.05, 3.63) is 57.3 Å². The average molecular weight is 548 g/mol. The fraction of sp³-hybridized carbons (Fsp3) is 0.618. The number of hydrogen-bond donors (Lipinski definition) is 1. The minimum absolute atomic E-state index is 0.169. The molecule has 1 N–H and O–H groups in total. The van der Waals surface area contributed by atoms with Crippen LogP contribution in [-0.2, 0) is 11.2 Å². The van der Waals surface area contributed by atoms with Gasteiger partial charge < -0.3 is 5.32 Å². The molecule has 2 aliphatic heterocycles. The highest BCUT2D eigenvalue weighted by molar-refractivity contribution is 6.30. The zero-order chi connectivity index (χ0) is 27.0. The van der Waals surface area contributed by atoms with Crippen molar-refractivity contribution < 1.29 is 4.79 Å². The Hall–Kier alpha value is -2.20. The minimum atomic E-state index is 0.169. The second-order valence-electron chi connectivity index (χ2n) is 12.4. The number of aryl methyl sites for hydroxylation is 1. The molecule has 2 fully saturated rings. The molecule has 5 rings (SSSR count). The molecule has 4 nitrogen and oxygen atoms in total. The van der Waals surface area contributed by atoms with E-state index < -0.39 is 0 Å². The van der Waals surface area contributed by atoms with Crippen LogP contribution in [0.5, 0.6) is 0 Å². The van der Waals surface area contributed by atoms with Crippen LogP contribution in [0.3, 0.4) is 0 Å². The van der Waals surface area contributed by atoms with Gasteiger partial charge in [-0.1, -0.05) is 35.7 Å². The third-order valence-electron chi connectivity index (χ3n) is 9.30. The molecule has 5 heteroatoms. The van der Waals surface area contributed by atoms with Crippen molar-refractivity contribution in [2.75, 3.05) is 6.54 Å². The molecule has 210 valence electrons. The number of carbonyl (C=O) groups is 1. The Labute approximate surface area is 240 Å². The van der Waals surface area contributed by atoms with Crippen molar-refractivity contribution in [3.8, 4) is 0 Å². The Morgan fingerprint density at radius 1 is 1.10 bits per heavy atom. The topological polar surface area (TPSA) is 53.8 Å². The molecule has 3 atom stereocenters. The van der Waals surface area contributed by atoms with E-state index in [0.29, 0.717) is 23.8 Å². The van der Waals surface area contributed by atoms with Crippen molar-refractivity contribution in [1.29, 1.82) is 0 Å². The first kappa shape index (κ1) is 28.3. The van der Waals surface area contributed by atoms with E-state index in [-0.39, 0.29) is 5.92 Å². The molecule has 2 aliphatic carbocycles. The number of amides is 1. The number of nitrogens with zero attached hydrogens (tertiary/aromatic N) is 2. The summed E-state index contributed by atoms with van der Waals surface area (Å²) in [6, 6.07) is 8.44. The monoisotopic (exact) mass is 547 g/mol. The van der Waals surface area contributed by atoms with E-state index >= 15 is 0 Å². The van der Waals surface area contributed by atoms with Gasteiger partial charge in [-0.2, -0.15) is 0 Å². The fourth-order valence-electron chi connectivity index (χ4n) is 6.85. The van der Waals surface area contributed by atoms with Crippen molar-refractivity contribution in [1.82, 2.24) is 5.32 Å². The molecule has 0 saturated heterocycles. The van der Waals surface area contributed by atoms with Gasteiger partial charge in [0.2, 0.25) is 5.91 Å². The van der Waals surface area contributed by atoms with Crippen molar-refractivity contribution in [2.45, 2.75) is 109 Å². The second kappa shape index (κ2) is 13.9. The molecule has 1 amide bonds. The number of carbonyl (C=O) groups excluding carboxylic acids is 1. The van der Waals surface area contributed by atoms with E-state index in [0.717, 1.165) is 82.2 Å². The molecule has 2 saturated carbocycles. The Bertz CT molecular complexity index is 1130. The van der Waals surface area contributed by atoms with Gasteiger partial charge in [-0.05, 0) is 132 Å². The lowest BCUT2D eigenvalue weighted by Gasteiger charge is -2.22. The standard InChI is InChI=1S/C34H46ClN3O/c1-24-7-5-20-37-33(32-23-36-19-6-14-30(24)32)22-26-9-3-12-29(18-15-26)38-34(39)31(27-16-17-27)13-4-10-25-8-2-11-28(35)21-25/h2,8,11,20-21,23,26-27,29,31H,3-7,9-10,12-19,22H2,1H3,(H,38,39). The summed E-state index contributed by atoms with van der Waals surface area (Å²) in [6.45, 7) is 3.22. The number of fused-ring (bicyclic) bond motifs is 1. The first-order valence-corrected chi connectivity index (χ1v) is 15.9. The number of rotatable bonds is 9. The van der Waals surface area contributed by atoms with Gasteiger partial charge in [0.1, 0.15) is 0 Å². The van der Waals surface area contributed by atoms with Crippen LogP contribution >= 0.6 is 11.6 Å². The van der Waals surface area contributed by atoms with Gasteiger partial charge in [-0.3, -0.25) is 14.8 Å². The van der Waals surface area contributed by atoms with Gasteiger partial charge in [-0.25, -0.2) is 0 Å². The van der Waals surface area contributed by atoms with E-state index in [1.807, 2.05) is 12.1 Å². The molecule has 3 unspecified atom stereocenters.